The van der Waals surface area contributed by atoms with Gasteiger partial charge in [0.25, 0.3) is 0 Å². The largest absolute Gasteiger partial charge is 0.491 e. The van der Waals surface area contributed by atoms with Crippen molar-refractivity contribution in [1.82, 2.24) is 9.55 Å². The van der Waals surface area contributed by atoms with E-state index in [0.717, 1.165) is 16.6 Å². The molecule has 0 radical (unpaired) electrons. The fourth-order valence-electron chi connectivity index (χ4n) is 3.50. The van der Waals surface area contributed by atoms with Crippen LogP contribution in [0.25, 0.3) is 22.2 Å². The molecule has 0 aliphatic heterocycles. The van der Waals surface area contributed by atoms with Crippen molar-refractivity contribution in [2.75, 3.05) is 0 Å². The molecule has 168 valence electrons. The Labute approximate surface area is 185 Å². The summed E-state index contributed by atoms with van der Waals surface area (Å²) in [5, 5.41) is 9.66. The van der Waals surface area contributed by atoms with E-state index < -0.39 is 18.1 Å². The number of benzene rings is 3. The lowest BCUT2D eigenvalue weighted by Gasteiger charge is -2.12. The zero-order valence-electron chi connectivity index (χ0n) is 17.0. The molecule has 0 saturated heterocycles. The molecule has 0 saturated carbocycles. The van der Waals surface area contributed by atoms with Crippen molar-refractivity contribution in [2.45, 2.75) is 19.3 Å². The number of aliphatic hydroxyl groups is 1. The van der Waals surface area contributed by atoms with Crippen molar-refractivity contribution in [3.63, 3.8) is 0 Å². The molecule has 4 rings (SSSR count). The third-order valence-electron chi connectivity index (χ3n) is 5.04. The van der Waals surface area contributed by atoms with Gasteiger partial charge in [-0.2, -0.15) is 13.2 Å². The van der Waals surface area contributed by atoms with Crippen molar-refractivity contribution >= 4 is 23.0 Å². The fourth-order valence-corrected chi connectivity index (χ4v) is 3.50. The predicted octanol–water partition coefficient (Wildman–Crippen LogP) is 4.49. The fraction of sp³-hybridized carbons (Fsp3) is 0.125. The van der Waals surface area contributed by atoms with Crippen LogP contribution in [-0.2, 0) is 22.7 Å². The Morgan fingerprint density at radius 1 is 0.939 bits per heavy atom. The summed E-state index contributed by atoms with van der Waals surface area (Å²) in [6.45, 7) is 0.208. The number of ether oxygens (including phenoxy) is 1. The van der Waals surface area contributed by atoms with Crippen LogP contribution in [0.2, 0.25) is 0 Å². The Morgan fingerprint density at radius 2 is 1.61 bits per heavy atom. The number of fused-ring (bicyclic) bond motifs is 1. The van der Waals surface area contributed by atoms with Crippen LogP contribution >= 0.6 is 0 Å². The zero-order valence-corrected chi connectivity index (χ0v) is 17.0. The lowest BCUT2D eigenvalue weighted by molar-refractivity contribution is -0.193. The molecule has 0 amide bonds. The van der Waals surface area contributed by atoms with E-state index in [4.69, 9.17) is 0 Å². The highest BCUT2D eigenvalue weighted by molar-refractivity contribution is 6.02. The first-order valence-electron chi connectivity index (χ1n) is 9.84. The van der Waals surface area contributed by atoms with Gasteiger partial charge in [0.15, 0.2) is 0 Å². The second-order valence-corrected chi connectivity index (χ2v) is 7.18. The molecular weight excluding hydrogens is 437 g/mol. The number of aromatic nitrogens is 2. The quantitative estimate of drug-likeness (QED) is 0.355. The van der Waals surface area contributed by atoms with Gasteiger partial charge in [-0.15, -0.1) is 0 Å². The van der Waals surface area contributed by atoms with E-state index in [0.29, 0.717) is 23.5 Å². The summed E-state index contributed by atoms with van der Waals surface area (Å²) >= 11 is 0. The summed E-state index contributed by atoms with van der Waals surface area (Å²) in [6, 6.07) is 20.5. The molecule has 33 heavy (non-hydrogen) atoms. The highest BCUT2D eigenvalue weighted by Crippen LogP contribution is 2.27. The van der Waals surface area contributed by atoms with Gasteiger partial charge in [-0.3, -0.25) is 0 Å². The molecule has 0 atom stereocenters. The van der Waals surface area contributed by atoms with Crippen molar-refractivity contribution < 1.29 is 32.6 Å². The number of nitrogens with zero attached hydrogens (tertiary/aromatic N) is 2. The number of carbonyl (C=O) groups excluding carboxylic acids is 2. The van der Waals surface area contributed by atoms with Crippen molar-refractivity contribution in [1.29, 1.82) is 0 Å². The Hall–Kier alpha value is -3.98. The number of alkyl halides is 3. The van der Waals surface area contributed by atoms with Crippen LogP contribution in [0.1, 0.15) is 21.7 Å². The Kier molecular flexibility index (Phi) is 5.97. The second-order valence-electron chi connectivity index (χ2n) is 7.18. The number of imidazole rings is 1. The normalized spacial score (nSPS) is 11.5. The maximum Gasteiger partial charge on any atom is 0.491 e. The Balaban J connectivity index is 1.60. The summed E-state index contributed by atoms with van der Waals surface area (Å²) in [6.07, 6.45) is -5.27. The predicted molar refractivity (Wildman–Crippen MR) is 113 cm³/mol. The highest BCUT2D eigenvalue weighted by Gasteiger charge is 2.42. The third kappa shape index (κ3) is 4.63. The highest BCUT2D eigenvalue weighted by atomic mass is 19.4. The summed E-state index contributed by atoms with van der Waals surface area (Å²) in [5.41, 5.74) is 3.23. The smallest absolute Gasteiger partial charge is 0.388 e. The van der Waals surface area contributed by atoms with Crippen LogP contribution in [0, 0.1) is 0 Å². The number of esters is 2. The van der Waals surface area contributed by atoms with Crippen LogP contribution < -0.4 is 0 Å². The van der Waals surface area contributed by atoms with E-state index in [1.165, 1.54) is 12.1 Å². The second kappa shape index (κ2) is 8.87. The van der Waals surface area contributed by atoms with Crippen LogP contribution in [-0.4, -0.2) is 32.8 Å². The van der Waals surface area contributed by atoms with E-state index in [1.54, 1.807) is 36.4 Å². The maximum absolute atomic E-state index is 12.5. The topological polar surface area (TPSA) is 81.4 Å². The molecule has 1 heterocycles. The average Bonchev–Trinajstić information content (AvgIpc) is 3.16. The van der Waals surface area contributed by atoms with Gasteiger partial charge in [0.2, 0.25) is 0 Å². The minimum Gasteiger partial charge on any atom is -0.388 e. The Bertz CT molecular complexity index is 1330. The monoisotopic (exact) mass is 454 g/mol. The van der Waals surface area contributed by atoms with Crippen LogP contribution in [0.5, 0.6) is 0 Å². The average molecular weight is 454 g/mol. The summed E-state index contributed by atoms with van der Waals surface area (Å²) in [7, 11) is 0. The van der Waals surface area contributed by atoms with E-state index in [-0.39, 0.29) is 12.2 Å². The molecule has 6 nitrogen and oxygen atoms in total. The molecule has 0 aliphatic rings. The van der Waals surface area contributed by atoms with E-state index in [2.05, 4.69) is 9.72 Å². The molecule has 0 bridgehead atoms. The third-order valence-corrected chi connectivity index (χ3v) is 5.04. The summed E-state index contributed by atoms with van der Waals surface area (Å²) < 4.78 is 43.2. The van der Waals surface area contributed by atoms with Crippen molar-refractivity contribution in [3.8, 4) is 11.1 Å². The van der Waals surface area contributed by atoms with Gasteiger partial charge in [-0.1, -0.05) is 54.6 Å². The first kappa shape index (κ1) is 22.2. The number of halogens is 3. The van der Waals surface area contributed by atoms with E-state index >= 15 is 0 Å². The van der Waals surface area contributed by atoms with Crippen LogP contribution in [0.15, 0.2) is 72.8 Å². The number of carbonyl (C=O) groups is 2. The number of hydrogen-bond acceptors (Lipinski definition) is 5. The van der Waals surface area contributed by atoms with Crippen molar-refractivity contribution in [3.05, 3.63) is 89.7 Å². The number of aliphatic hydroxyl groups excluding tert-OH is 1. The van der Waals surface area contributed by atoms with Gasteiger partial charge in [0.1, 0.15) is 12.4 Å². The van der Waals surface area contributed by atoms with Crippen LogP contribution in [0.3, 0.4) is 0 Å². The minimum atomic E-state index is -5.27. The van der Waals surface area contributed by atoms with Gasteiger partial charge >= 0.3 is 18.1 Å². The molecule has 0 aliphatic carbocycles. The van der Waals surface area contributed by atoms with E-state index in [9.17, 15) is 27.9 Å². The molecule has 0 spiro atoms. The van der Waals surface area contributed by atoms with Crippen molar-refractivity contribution in [2.24, 2.45) is 0 Å². The first-order chi connectivity index (χ1) is 15.8. The number of rotatable bonds is 5. The lowest BCUT2D eigenvalue weighted by Crippen LogP contribution is -2.28. The SMILES string of the molecule is O=C(OC(=O)C(F)(F)F)c1ccccc1-c1ccc(Cn2c(CO)nc3ccccc32)cc1. The molecule has 0 unspecified atom stereocenters. The molecule has 1 aromatic heterocycles. The van der Waals surface area contributed by atoms with Gasteiger partial charge in [-0.05, 0) is 34.9 Å². The molecule has 4 aromatic rings. The maximum atomic E-state index is 12.5. The van der Waals surface area contributed by atoms with E-state index in [1.807, 2.05) is 28.8 Å². The minimum absolute atomic E-state index is 0.161. The van der Waals surface area contributed by atoms with Gasteiger partial charge in [0.05, 0.1) is 16.6 Å². The molecule has 9 heteroatoms. The number of para-hydroxylation sites is 2. The van der Waals surface area contributed by atoms with Gasteiger partial charge in [-0.25, -0.2) is 14.6 Å². The molecule has 3 aromatic carbocycles. The molecule has 1 N–H and O–H groups in total. The first-order valence-corrected chi connectivity index (χ1v) is 9.84. The standard InChI is InChI=1S/C24H17F3N2O4/c25-24(26,27)23(32)33-22(31)18-6-2-1-5-17(18)16-11-9-15(10-12-16)13-29-20-8-4-3-7-19(20)28-21(29)14-30/h1-12,30H,13-14H2. The van der Waals surface area contributed by atoms with Gasteiger partial charge in [0, 0.05) is 6.54 Å². The van der Waals surface area contributed by atoms with Crippen LogP contribution in [0.4, 0.5) is 13.2 Å². The number of hydrogen-bond donors (Lipinski definition) is 1. The Morgan fingerprint density at radius 3 is 2.30 bits per heavy atom. The van der Waals surface area contributed by atoms with Gasteiger partial charge < -0.3 is 14.4 Å². The summed E-state index contributed by atoms with van der Waals surface area (Å²) in [5.74, 6) is -3.43. The summed E-state index contributed by atoms with van der Waals surface area (Å²) in [4.78, 5) is 27.7. The zero-order chi connectivity index (χ0) is 23.6. The molecule has 0 fully saturated rings. The molecular formula is C24H17F3N2O4. The lowest BCUT2D eigenvalue weighted by atomic mass is 9.98.